The molecule has 3 aromatic rings. The van der Waals surface area contributed by atoms with Crippen LogP contribution in [0.25, 0.3) is 11.1 Å². The summed E-state index contributed by atoms with van der Waals surface area (Å²) in [6.07, 6.45) is 5.36. The number of fused-ring (bicyclic) bond motifs is 1. The lowest BCUT2D eigenvalue weighted by Crippen LogP contribution is -2.30. The highest BCUT2D eigenvalue weighted by atomic mass is 19.1. The monoisotopic (exact) mass is 441 g/mol. The molecule has 0 spiro atoms. The third-order valence-electron chi connectivity index (χ3n) is 7.08. The van der Waals surface area contributed by atoms with Gasteiger partial charge in [-0.15, -0.1) is 0 Å². The third-order valence-corrected chi connectivity index (χ3v) is 7.08. The molecule has 3 aromatic carbocycles. The van der Waals surface area contributed by atoms with Crippen molar-refractivity contribution in [2.75, 3.05) is 7.11 Å². The number of amides is 1. The van der Waals surface area contributed by atoms with Crippen LogP contribution >= 0.6 is 0 Å². The summed E-state index contributed by atoms with van der Waals surface area (Å²) < 4.78 is 19.3. The van der Waals surface area contributed by atoms with Crippen molar-refractivity contribution in [1.82, 2.24) is 4.90 Å². The average molecular weight is 442 g/mol. The van der Waals surface area contributed by atoms with Crippen LogP contribution in [0.3, 0.4) is 0 Å². The second-order valence-electron chi connectivity index (χ2n) is 9.10. The van der Waals surface area contributed by atoms with E-state index >= 15 is 0 Å². The van der Waals surface area contributed by atoms with Crippen molar-refractivity contribution in [2.24, 2.45) is 17.8 Å². The minimum absolute atomic E-state index is 0.0390. The number of likely N-dealkylation sites (tertiary alicyclic amines) is 1. The quantitative estimate of drug-likeness (QED) is 0.428. The van der Waals surface area contributed by atoms with Crippen LogP contribution in [0.15, 0.2) is 84.9 Å². The van der Waals surface area contributed by atoms with Crippen LogP contribution in [0.4, 0.5) is 4.39 Å². The first-order valence-corrected chi connectivity index (χ1v) is 11.5. The maximum Gasteiger partial charge on any atom is 0.227 e. The zero-order valence-corrected chi connectivity index (χ0v) is 18.9. The summed E-state index contributed by atoms with van der Waals surface area (Å²) in [5, 5.41) is 0. The van der Waals surface area contributed by atoms with Gasteiger partial charge >= 0.3 is 0 Å². The largest absolute Gasteiger partial charge is 0.496 e. The second kappa shape index (κ2) is 8.86. The first kappa shape index (κ1) is 21.4. The summed E-state index contributed by atoms with van der Waals surface area (Å²) in [4.78, 5) is 15.8. The van der Waals surface area contributed by atoms with Crippen molar-refractivity contribution >= 4 is 5.91 Å². The average Bonchev–Trinajstić information content (AvgIpc) is 3.12. The van der Waals surface area contributed by atoms with Gasteiger partial charge in [-0.25, -0.2) is 4.39 Å². The number of methoxy groups -OCH3 is 1. The molecule has 0 bridgehead atoms. The van der Waals surface area contributed by atoms with Crippen LogP contribution in [0.1, 0.15) is 30.5 Å². The highest BCUT2D eigenvalue weighted by Crippen LogP contribution is 2.51. The third kappa shape index (κ3) is 3.95. The first-order chi connectivity index (χ1) is 16.1. The fraction of sp³-hybridized carbons (Fsp3) is 0.276. The van der Waals surface area contributed by atoms with E-state index in [0.717, 1.165) is 34.4 Å². The van der Waals surface area contributed by atoms with Gasteiger partial charge in [0.05, 0.1) is 13.2 Å². The highest BCUT2D eigenvalue weighted by Gasteiger charge is 2.51. The van der Waals surface area contributed by atoms with Gasteiger partial charge in [-0.05, 0) is 53.3 Å². The van der Waals surface area contributed by atoms with Crippen LogP contribution in [0.2, 0.25) is 0 Å². The Labute approximate surface area is 194 Å². The second-order valence-corrected chi connectivity index (χ2v) is 9.10. The Hall–Kier alpha value is -3.40. The highest BCUT2D eigenvalue weighted by molar-refractivity contribution is 5.84. The van der Waals surface area contributed by atoms with Gasteiger partial charge in [-0.3, -0.25) is 4.79 Å². The molecule has 3 nitrogen and oxygen atoms in total. The topological polar surface area (TPSA) is 29.5 Å². The van der Waals surface area contributed by atoms with E-state index < -0.39 is 0 Å². The standard InChI is InChI=1S/C29H28FNO2/c1-19-7-6-10-24-27(19)29(32)31(18-20-8-4-3-5-9-20)28(24)25-17-22(13-16-26(25)33-2)21-11-14-23(30)15-12-21/h3-6,8-17,19,24,27-28H,7,18H2,1-2H3/t19-,24+,27+,28+/m0/s1. The molecule has 2 aliphatic rings. The predicted molar refractivity (Wildman–Crippen MR) is 128 cm³/mol. The molecule has 0 unspecified atom stereocenters. The Morgan fingerprint density at radius 2 is 1.73 bits per heavy atom. The molecule has 1 amide bonds. The number of carbonyl (C=O) groups is 1. The van der Waals surface area contributed by atoms with E-state index in [-0.39, 0.29) is 29.6 Å². The van der Waals surface area contributed by atoms with Gasteiger partial charge in [0.25, 0.3) is 0 Å². The number of benzene rings is 3. The molecular weight excluding hydrogens is 413 g/mol. The molecule has 5 rings (SSSR count). The van der Waals surface area contributed by atoms with Gasteiger partial charge < -0.3 is 9.64 Å². The lowest BCUT2D eigenvalue weighted by atomic mass is 9.75. The molecule has 0 N–H and O–H groups in total. The summed E-state index contributed by atoms with van der Waals surface area (Å²) >= 11 is 0. The SMILES string of the molecule is COc1ccc(-c2ccc(F)cc2)cc1[C@H]1[C@@H]2C=CC[C@H](C)[C@H]2C(=O)N1Cc1ccccc1. The van der Waals surface area contributed by atoms with Gasteiger partial charge in [-0.1, -0.05) is 67.6 Å². The van der Waals surface area contributed by atoms with Gasteiger partial charge in [-0.2, -0.15) is 0 Å². The van der Waals surface area contributed by atoms with Gasteiger partial charge in [0.15, 0.2) is 0 Å². The molecule has 0 saturated carbocycles. The number of hydrogen-bond acceptors (Lipinski definition) is 2. The van der Waals surface area contributed by atoms with Crippen LogP contribution in [-0.2, 0) is 11.3 Å². The Bertz CT molecular complexity index is 1170. The smallest absolute Gasteiger partial charge is 0.227 e. The van der Waals surface area contributed by atoms with Crippen molar-refractivity contribution in [1.29, 1.82) is 0 Å². The van der Waals surface area contributed by atoms with Crippen molar-refractivity contribution in [3.8, 4) is 16.9 Å². The molecule has 4 atom stereocenters. The number of allylic oxidation sites excluding steroid dienone is 1. The molecule has 0 radical (unpaired) electrons. The molecule has 1 aliphatic carbocycles. The van der Waals surface area contributed by atoms with E-state index in [4.69, 9.17) is 4.74 Å². The predicted octanol–water partition coefficient (Wildman–Crippen LogP) is 6.41. The van der Waals surface area contributed by atoms with E-state index in [1.165, 1.54) is 12.1 Å². The first-order valence-electron chi connectivity index (χ1n) is 11.5. The van der Waals surface area contributed by atoms with Gasteiger partial charge in [0, 0.05) is 23.9 Å². The molecule has 0 aromatic heterocycles. The summed E-state index contributed by atoms with van der Waals surface area (Å²) in [5.74, 6) is 1.06. The number of hydrogen-bond donors (Lipinski definition) is 0. The molecule has 168 valence electrons. The van der Waals surface area contributed by atoms with Crippen molar-refractivity contribution in [3.05, 3.63) is 102 Å². The fourth-order valence-corrected chi connectivity index (χ4v) is 5.46. The summed E-state index contributed by atoms with van der Waals surface area (Å²) in [7, 11) is 1.67. The zero-order chi connectivity index (χ0) is 22.9. The van der Waals surface area contributed by atoms with Gasteiger partial charge in [0.1, 0.15) is 11.6 Å². The summed E-state index contributed by atoms with van der Waals surface area (Å²) in [6.45, 7) is 2.73. The lowest BCUT2D eigenvalue weighted by Gasteiger charge is -2.31. The Balaban J connectivity index is 1.62. The number of nitrogens with zero attached hydrogens (tertiary/aromatic N) is 1. The molecule has 1 heterocycles. The number of ether oxygens (including phenoxy) is 1. The van der Waals surface area contributed by atoms with Crippen LogP contribution in [-0.4, -0.2) is 17.9 Å². The lowest BCUT2D eigenvalue weighted by molar-refractivity contribution is -0.134. The zero-order valence-electron chi connectivity index (χ0n) is 18.9. The maximum absolute atomic E-state index is 13.7. The number of rotatable bonds is 5. The maximum atomic E-state index is 13.7. The minimum Gasteiger partial charge on any atom is -0.496 e. The van der Waals surface area contributed by atoms with Crippen LogP contribution in [0.5, 0.6) is 5.75 Å². The van der Waals surface area contributed by atoms with E-state index in [2.05, 4.69) is 37.3 Å². The number of carbonyl (C=O) groups excluding carboxylic acids is 1. The summed E-state index contributed by atoms with van der Waals surface area (Å²) in [5.41, 5.74) is 4.02. The Kier molecular flexibility index (Phi) is 5.76. The van der Waals surface area contributed by atoms with E-state index in [1.807, 2.05) is 35.2 Å². The molecule has 4 heteroatoms. The Morgan fingerprint density at radius 1 is 1.00 bits per heavy atom. The van der Waals surface area contributed by atoms with Crippen molar-refractivity contribution < 1.29 is 13.9 Å². The number of halogens is 1. The minimum atomic E-state index is -0.257. The van der Waals surface area contributed by atoms with Crippen LogP contribution in [0, 0.1) is 23.6 Å². The van der Waals surface area contributed by atoms with Gasteiger partial charge in [0.2, 0.25) is 5.91 Å². The normalized spacial score (nSPS) is 24.1. The Morgan fingerprint density at radius 3 is 2.45 bits per heavy atom. The molecular formula is C29H28FNO2. The fourth-order valence-electron chi connectivity index (χ4n) is 5.46. The van der Waals surface area contributed by atoms with E-state index in [0.29, 0.717) is 12.5 Å². The van der Waals surface area contributed by atoms with Crippen LogP contribution < -0.4 is 4.74 Å². The van der Waals surface area contributed by atoms with Crippen molar-refractivity contribution in [3.63, 3.8) is 0 Å². The molecule has 1 fully saturated rings. The van der Waals surface area contributed by atoms with E-state index in [9.17, 15) is 9.18 Å². The van der Waals surface area contributed by atoms with Crippen molar-refractivity contribution in [2.45, 2.75) is 25.9 Å². The molecule has 1 aliphatic heterocycles. The molecule has 1 saturated heterocycles. The summed E-state index contributed by atoms with van der Waals surface area (Å²) in [6, 6.07) is 22.6. The molecule has 33 heavy (non-hydrogen) atoms. The van der Waals surface area contributed by atoms with E-state index in [1.54, 1.807) is 19.2 Å².